The Labute approximate surface area is 103 Å². The molecule has 0 N–H and O–H groups in total. The Morgan fingerprint density at radius 2 is 2.25 bits per heavy atom. The Morgan fingerprint density at radius 3 is 2.94 bits per heavy atom. The van der Waals surface area contributed by atoms with E-state index in [1.165, 1.54) is 6.42 Å². The highest BCUT2D eigenvalue weighted by Gasteiger charge is 2.29. The Hall–Kier alpha value is -0.220. The number of piperidine rings is 1. The van der Waals surface area contributed by atoms with Crippen molar-refractivity contribution in [2.24, 2.45) is 0 Å². The molecule has 0 spiro atoms. The lowest BCUT2D eigenvalue weighted by molar-refractivity contribution is -0.150. The lowest BCUT2D eigenvalue weighted by Crippen LogP contribution is -2.46. The number of carbonyl (C=O) groups excluding carboxylic acids is 1. The van der Waals surface area contributed by atoms with Crippen molar-refractivity contribution in [1.82, 2.24) is 4.90 Å². The molecule has 1 rings (SSSR count). The molecule has 0 aromatic heterocycles. The van der Waals surface area contributed by atoms with Crippen LogP contribution in [0.5, 0.6) is 0 Å². The maximum Gasteiger partial charge on any atom is 0.323 e. The Morgan fingerprint density at radius 1 is 1.44 bits per heavy atom. The first kappa shape index (κ1) is 13.8. The number of carbonyl (C=O) groups is 1. The SMILES string of the molecule is CCOC(=O)C1CCCCN1CCSCC. The predicted molar refractivity (Wildman–Crippen MR) is 68.8 cm³/mol. The number of likely N-dealkylation sites (tertiary alicyclic amines) is 1. The fourth-order valence-corrected chi connectivity index (χ4v) is 2.74. The summed E-state index contributed by atoms with van der Waals surface area (Å²) in [5.74, 6) is 2.24. The fraction of sp³-hybridized carbons (Fsp3) is 0.917. The van der Waals surface area contributed by atoms with Crippen LogP contribution in [0.15, 0.2) is 0 Å². The zero-order valence-corrected chi connectivity index (χ0v) is 11.2. The van der Waals surface area contributed by atoms with Crippen LogP contribution in [0.3, 0.4) is 0 Å². The van der Waals surface area contributed by atoms with E-state index < -0.39 is 0 Å². The van der Waals surface area contributed by atoms with Crippen LogP contribution in [0.4, 0.5) is 0 Å². The topological polar surface area (TPSA) is 29.5 Å². The van der Waals surface area contributed by atoms with Gasteiger partial charge in [0.1, 0.15) is 6.04 Å². The van der Waals surface area contributed by atoms with Crippen LogP contribution in [-0.4, -0.2) is 48.1 Å². The van der Waals surface area contributed by atoms with Gasteiger partial charge in [0.15, 0.2) is 0 Å². The molecule has 94 valence electrons. The van der Waals surface area contributed by atoms with Gasteiger partial charge in [0, 0.05) is 12.3 Å². The van der Waals surface area contributed by atoms with Crippen molar-refractivity contribution in [2.75, 3.05) is 31.2 Å². The Balaban J connectivity index is 2.40. The van der Waals surface area contributed by atoms with E-state index in [-0.39, 0.29) is 12.0 Å². The van der Waals surface area contributed by atoms with Crippen LogP contribution >= 0.6 is 11.8 Å². The molecule has 1 fully saturated rings. The van der Waals surface area contributed by atoms with Gasteiger partial charge in [-0.25, -0.2) is 0 Å². The summed E-state index contributed by atoms with van der Waals surface area (Å²) >= 11 is 1.94. The third-order valence-corrected chi connectivity index (χ3v) is 3.78. The Bertz CT molecular complexity index is 211. The minimum Gasteiger partial charge on any atom is -0.465 e. The molecule has 1 heterocycles. The van der Waals surface area contributed by atoms with Crippen LogP contribution in [0.1, 0.15) is 33.1 Å². The van der Waals surface area contributed by atoms with Crippen molar-refractivity contribution in [3.63, 3.8) is 0 Å². The van der Waals surface area contributed by atoms with E-state index >= 15 is 0 Å². The van der Waals surface area contributed by atoms with E-state index in [0.29, 0.717) is 6.61 Å². The molecule has 1 unspecified atom stereocenters. The van der Waals surface area contributed by atoms with Gasteiger partial charge in [-0.1, -0.05) is 13.3 Å². The molecular weight excluding hydrogens is 222 g/mol. The summed E-state index contributed by atoms with van der Waals surface area (Å²) in [6.45, 7) is 6.60. The molecule has 0 amide bonds. The first-order valence-corrected chi connectivity index (χ1v) is 7.43. The van der Waals surface area contributed by atoms with Crippen molar-refractivity contribution in [3.05, 3.63) is 0 Å². The molecule has 0 aromatic rings. The van der Waals surface area contributed by atoms with E-state index in [1.807, 2.05) is 18.7 Å². The summed E-state index contributed by atoms with van der Waals surface area (Å²) in [5, 5.41) is 0. The second-order valence-corrected chi connectivity index (χ2v) is 5.39. The molecular formula is C12H23NO2S. The van der Waals surface area contributed by atoms with Gasteiger partial charge >= 0.3 is 5.97 Å². The van der Waals surface area contributed by atoms with Crippen molar-refractivity contribution in [2.45, 2.75) is 39.2 Å². The molecule has 0 radical (unpaired) electrons. The molecule has 0 saturated carbocycles. The Kier molecular flexibility index (Phi) is 6.88. The van der Waals surface area contributed by atoms with Crippen LogP contribution in [0.25, 0.3) is 0 Å². The summed E-state index contributed by atoms with van der Waals surface area (Å²) in [5.41, 5.74) is 0. The summed E-state index contributed by atoms with van der Waals surface area (Å²) in [6, 6.07) is 0.0196. The van der Waals surface area contributed by atoms with Crippen molar-refractivity contribution < 1.29 is 9.53 Å². The zero-order valence-electron chi connectivity index (χ0n) is 10.4. The first-order chi connectivity index (χ1) is 7.79. The highest BCUT2D eigenvalue weighted by molar-refractivity contribution is 7.99. The van der Waals surface area contributed by atoms with Crippen LogP contribution in [0, 0.1) is 0 Å². The van der Waals surface area contributed by atoms with Crippen molar-refractivity contribution in [3.8, 4) is 0 Å². The monoisotopic (exact) mass is 245 g/mol. The van der Waals surface area contributed by atoms with Gasteiger partial charge in [-0.3, -0.25) is 9.69 Å². The lowest BCUT2D eigenvalue weighted by Gasteiger charge is -2.33. The van der Waals surface area contributed by atoms with Gasteiger partial charge < -0.3 is 4.74 Å². The minimum absolute atomic E-state index is 0.0196. The molecule has 0 bridgehead atoms. The van der Waals surface area contributed by atoms with Gasteiger partial charge in [0.2, 0.25) is 0 Å². The molecule has 3 nitrogen and oxygen atoms in total. The van der Waals surface area contributed by atoms with Crippen LogP contribution in [0.2, 0.25) is 0 Å². The number of thioether (sulfide) groups is 1. The molecule has 1 saturated heterocycles. The normalized spacial score (nSPS) is 22.0. The van der Waals surface area contributed by atoms with Crippen LogP contribution in [-0.2, 0) is 9.53 Å². The van der Waals surface area contributed by atoms with Gasteiger partial charge in [-0.15, -0.1) is 0 Å². The quantitative estimate of drug-likeness (QED) is 0.530. The number of hydrogen-bond donors (Lipinski definition) is 0. The number of hydrogen-bond acceptors (Lipinski definition) is 4. The zero-order chi connectivity index (χ0) is 11.8. The maximum absolute atomic E-state index is 11.8. The fourth-order valence-electron chi connectivity index (χ4n) is 2.09. The number of ether oxygens (including phenoxy) is 1. The van der Waals surface area contributed by atoms with Crippen LogP contribution < -0.4 is 0 Å². The summed E-state index contributed by atoms with van der Waals surface area (Å²) < 4.78 is 5.13. The number of esters is 1. The highest BCUT2D eigenvalue weighted by Crippen LogP contribution is 2.18. The second-order valence-electron chi connectivity index (χ2n) is 4.00. The predicted octanol–water partition coefficient (Wildman–Crippen LogP) is 2.16. The molecule has 16 heavy (non-hydrogen) atoms. The molecule has 0 aliphatic carbocycles. The van der Waals surface area contributed by atoms with E-state index in [0.717, 1.165) is 37.4 Å². The lowest BCUT2D eigenvalue weighted by atomic mass is 10.0. The molecule has 0 aromatic carbocycles. The van der Waals surface area contributed by atoms with E-state index in [1.54, 1.807) is 0 Å². The van der Waals surface area contributed by atoms with Crippen molar-refractivity contribution in [1.29, 1.82) is 0 Å². The van der Waals surface area contributed by atoms with Gasteiger partial charge in [0.25, 0.3) is 0 Å². The average Bonchev–Trinajstić information content (AvgIpc) is 2.30. The third kappa shape index (κ3) is 4.34. The summed E-state index contributed by atoms with van der Waals surface area (Å²) in [7, 11) is 0. The number of rotatable bonds is 6. The largest absolute Gasteiger partial charge is 0.465 e. The second kappa shape index (κ2) is 7.96. The summed E-state index contributed by atoms with van der Waals surface area (Å²) in [4.78, 5) is 14.1. The summed E-state index contributed by atoms with van der Waals surface area (Å²) in [6.07, 6.45) is 3.34. The van der Waals surface area contributed by atoms with Gasteiger partial charge in [-0.2, -0.15) is 11.8 Å². The molecule has 1 aliphatic rings. The third-order valence-electron chi connectivity index (χ3n) is 2.90. The van der Waals surface area contributed by atoms with E-state index in [9.17, 15) is 4.79 Å². The molecule has 4 heteroatoms. The first-order valence-electron chi connectivity index (χ1n) is 6.28. The van der Waals surface area contributed by atoms with Gasteiger partial charge in [0.05, 0.1) is 6.61 Å². The van der Waals surface area contributed by atoms with Gasteiger partial charge in [-0.05, 0) is 32.1 Å². The van der Waals surface area contributed by atoms with Crippen molar-refractivity contribution >= 4 is 17.7 Å². The standard InChI is InChI=1S/C12H23NO2S/c1-3-15-12(14)11-7-5-6-8-13(11)9-10-16-4-2/h11H,3-10H2,1-2H3. The molecule has 1 aliphatic heterocycles. The smallest absolute Gasteiger partial charge is 0.323 e. The number of nitrogens with zero attached hydrogens (tertiary/aromatic N) is 1. The highest BCUT2D eigenvalue weighted by atomic mass is 32.2. The maximum atomic E-state index is 11.8. The minimum atomic E-state index is -0.0244. The van der Waals surface area contributed by atoms with E-state index in [2.05, 4.69) is 11.8 Å². The molecule has 1 atom stereocenters. The average molecular weight is 245 g/mol. The van der Waals surface area contributed by atoms with E-state index in [4.69, 9.17) is 4.74 Å².